The van der Waals surface area contributed by atoms with Crippen molar-refractivity contribution in [1.82, 2.24) is 10.3 Å². The molecule has 3 rings (SSSR count). The molecule has 7 heteroatoms. The smallest absolute Gasteiger partial charge is 0.322 e. The van der Waals surface area contributed by atoms with Crippen LogP contribution < -0.4 is 21.3 Å². The molecule has 33 heavy (non-hydrogen) atoms. The summed E-state index contributed by atoms with van der Waals surface area (Å²) in [4.78, 5) is 26.4. The van der Waals surface area contributed by atoms with Crippen molar-refractivity contribution in [2.75, 3.05) is 19.0 Å². The first-order valence-corrected chi connectivity index (χ1v) is 10.9. The van der Waals surface area contributed by atoms with Crippen molar-refractivity contribution < 1.29 is 14.3 Å². The molecule has 0 aromatic heterocycles. The van der Waals surface area contributed by atoms with Crippen LogP contribution in [0.5, 0.6) is 5.75 Å². The largest absolute Gasteiger partial charge is 0.497 e. The minimum Gasteiger partial charge on any atom is -0.497 e. The van der Waals surface area contributed by atoms with E-state index in [-0.39, 0.29) is 11.9 Å². The van der Waals surface area contributed by atoms with Crippen molar-refractivity contribution in [2.24, 2.45) is 5.84 Å². The number of carbonyl (C=O) groups is 2. The van der Waals surface area contributed by atoms with Gasteiger partial charge in [-0.2, -0.15) is 0 Å². The van der Waals surface area contributed by atoms with Crippen molar-refractivity contribution in [3.63, 3.8) is 0 Å². The van der Waals surface area contributed by atoms with Crippen LogP contribution in [0.15, 0.2) is 72.8 Å². The highest BCUT2D eigenvalue weighted by molar-refractivity contribution is 5.93. The molecule has 3 amide bonds. The van der Waals surface area contributed by atoms with Crippen LogP contribution in [-0.2, 0) is 6.54 Å². The van der Waals surface area contributed by atoms with E-state index < -0.39 is 0 Å². The van der Waals surface area contributed by atoms with E-state index >= 15 is 0 Å². The van der Waals surface area contributed by atoms with Gasteiger partial charge in [-0.15, -0.1) is 0 Å². The Morgan fingerprint density at radius 1 is 0.970 bits per heavy atom. The summed E-state index contributed by atoms with van der Waals surface area (Å²) in [5, 5.41) is 2.99. The number of anilines is 1. The van der Waals surface area contributed by atoms with E-state index in [4.69, 9.17) is 10.6 Å². The molecule has 0 aliphatic carbocycles. The van der Waals surface area contributed by atoms with Crippen molar-refractivity contribution in [2.45, 2.75) is 26.3 Å². The number of amides is 3. The lowest BCUT2D eigenvalue weighted by atomic mass is 10.1. The van der Waals surface area contributed by atoms with E-state index in [0.29, 0.717) is 18.7 Å². The van der Waals surface area contributed by atoms with Gasteiger partial charge in [0.25, 0.3) is 5.91 Å². The Labute approximate surface area is 194 Å². The lowest BCUT2D eigenvalue weighted by Crippen LogP contribution is -2.35. The molecule has 4 N–H and O–H groups in total. The van der Waals surface area contributed by atoms with E-state index in [2.05, 4.69) is 17.7 Å². The highest BCUT2D eigenvalue weighted by Gasteiger charge is 2.14. The third-order valence-electron chi connectivity index (χ3n) is 5.33. The van der Waals surface area contributed by atoms with Crippen LogP contribution in [0, 0.1) is 0 Å². The van der Waals surface area contributed by atoms with Crippen LogP contribution in [-0.4, -0.2) is 30.5 Å². The maximum absolute atomic E-state index is 13.0. The molecule has 0 heterocycles. The zero-order valence-electron chi connectivity index (χ0n) is 19.0. The minimum absolute atomic E-state index is 0.165. The molecule has 0 bridgehead atoms. The van der Waals surface area contributed by atoms with Crippen LogP contribution in [0.3, 0.4) is 0 Å². The first kappa shape index (κ1) is 23.8. The van der Waals surface area contributed by atoms with Gasteiger partial charge < -0.3 is 15.0 Å². The molecule has 0 unspecified atom stereocenters. The van der Waals surface area contributed by atoms with Gasteiger partial charge in [0.05, 0.1) is 7.11 Å². The second-order valence-electron chi connectivity index (χ2n) is 7.68. The number of nitrogens with zero attached hydrogens (tertiary/aromatic N) is 1. The summed E-state index contributed by atoms with van der Waals surface area (Å²) in [6.07, 6.45) is 1.88. The van der Waals surface area contributed by atoms with Gasteiger partial charge >= 0.3 is 6.03 Å². The number of methoxy groups -OCH3 is 1. The molecule has 0 aliphatic heterocycles. The second kappa shape index (κ2) is 11.7. The molecule has 0 spiro atoms. The lowest BCUT2D eigenvalue weighted by molar-refractivity contribution is 0.0953. The summed E-state index contributed by atoms with van der Waals surface area (Å²) >= 11 is 0. The summed E-state index contributed by atoms with van der Waals surface area (Å²) in [5.41, 5.74) is 6.33. The van der Waals surface area contributed by atoms with Crippen LogP contribution >= 0.6 is 0 Å². The molecule has 3 aromatic rings. The van der Waals surface area contributed by atoms with Crippen LogP contribution in [0.4, 0.5) is 10.5 Å². The van der Waals surface area contributed by atoms with E-state index in [1.165, 1.54) is 0 Å². The second-order valence-corrected chi connectivity index (χ2v) is 7.68. The summed E-state index contributed by atoms with van der Waals surface area (Å²) in [7, 11) is 1.65. The van der Waals surface area contributed by atoms with Gasteiger partial charge in [0.15, 0.2) is 0 Å². The number of benzene rings is 3. The molecule has 0 saturated heterocycles. The fourth-order valence-corrected chi connectivity index (χ4v) is 3.42. The Hall–Kier alpha value is -3.84. The first-order chi connectivity index (χ1) is 16.0. The maximum atomic E-state index is 13.0. The molecule has 0 atom stereocenters. The SMILES string of the molecule is CCCCN(Cc1ccc(C(=O)NN)cc1)C(=O)Nc1ccc(-c2cccc(OC)c2)cc1. The zero-order valence-corrected chi connectivity index (χ0v) is 19.0. The Bertz CT molecular complexity index is 1070. The van der Waals surface area contributed by atoms with Gasteiger partial charge in [0.2, 0.25) is 0 Å². The molecule has 7 nitrogen and oxygen atoms in total. The lowest BCUT2D eigenvalue weighted by Gasteiger charge is -2.23. The van der Waals surface area contributed by atoms with Crippen LogP contribution in [0.25, 0.3) is 11.1 Å². The fraction of sp³-hybridized carbons (Fsp3) is 0.231. The number of nitrogens with two attached hydrogens (primary N) is 1. The topological polar surface area (TPSA) is 96.7 Å². The zero-order chi connectivity index (χ0) is 23.6. The number of rotatable bonds is 9. The summed E-state index contributed by atoms with van der Waals surface area (Å²) in [6.45, 7) is 3.17. The number of ether oxygens (including phenoxy) is 1. The molecular formula is C26H30N4O3. The van der Waals surface area contributed by atoms with Gasteiger partial charge in [-0.3, -0.25) is 10.2 Å². The Morgan fingerprint density at radius 2 is 1.70 bits per heavy atom. The highest BCUT2D eigenvalue weighted by Crippen LogP contribution is 2.25. The predicted molar refractivity (Wildman–Crippen MR) is 131 cm³/mol. The third kappa shape index (κ3) is 6.57. The molecule has 0 fully saturated rings. The summed E-state index contributed by atoms with van der Waals surface area (Å²) in [5.74, 6) is 5.63. The van der Waals surface area contributed by atoms with Crippen LogP contribution in [0.1, 0.15) is 35.7 Å². The number of hydrogen-bond acceptors (Lipinski definition) is 4. The Kier molecular flexibility index (Phi) is 8.43. The van der Waals surface area contributed by atoms with Crippen molar-refractivity contribution in [3.05, 3.63) is 83.9 Å². The molecular weight excluding hydrogens is 416 g/mol. The van der Waals surface area contributed by atoms with E-state index in [1.807, 2.05) is 60.7 Å². The fourth-order valence-electron chi connectivity index (χ4n) is 3.42. The maximum Gasteiger partial charge on any atom is 0.322 e. The number of hydrogen-bond donors (Lipinski definition) is 3. The van der Waals surface area contributed by atoms with Gasteiger partial charge in [0.1, 0.15) is 5.75 Å². The highest BCUT2D eigenvalue weighted by atomic mass is 16.5. The van der Waals surface area contributed by atoms with E-state index in [9.17, 15) is 9.59 Å². The first-order valence-electron chi connectivity index (χ1n) is 10.9. The quantitative estimate of drug-likeness (QED) is 0.250. The predicted octanol–water partition coefficient (Wildman–Crippen LogP) is 4.80. The van der Waals surface area contributed by atoms with Crippen molar-refractivity contribution in [1.29, 1.82) is 0 Å². The van der Waals surface area contributed by atoms with Gasteiger partial charge in [-0.1, -0.05) is 49.7 Å². The van der Waals surface area contributed by atoms with Gasteiger partial charge in [-0.25, -0.2) is 10.6 Å². The molecule has 0 saturated carbocycles. The summed E-state index contributed by atoms with van der Waals surface area (Å²) < 4.78 is 5.30. The number of hydrazine groups is 1. The van der Waals surface area contributed by atoms with E-state index in [1.54, 1.807) is 24.1 Å². The van der Waals surface area contributed by atoms with Gasteiger partial charge in [-0.05, 0) is 59.5 Å². The van der Waals surface area contributed by atoms with E-state index in [0.717, 1.165) is 41.0 Å². The average Bonchev–Trinajstić information content (AvgIpc) is 2.86. The van der Waals surface area contributed by atoms with Crippen LogP contribution in [0.2, 0.25) is 0 Å². The van der Waals surface area contributed by atoms with Crippen molar-refractivity contribution in [3.8, 4) is 16.9 Å². The molecule has 3 aromatic carbocycles. The average molecular weight is 447 g/mol. The Morgan fingerprint density at radius 3 is 2.33 bits per heavy atom. The molecule has 0 aliphatic rings. The number of carbonyl (C=O) groups excluding carboxylic acids is 2. The number of nitrogens with one attached hydrogen (secondary N) is 2. The number of nitrogen functional groups attached to an aromatic ring is 1. The number of urea groups is 1. The monoisotopic (exact) mass is 446 g/mol. The van der Waals surface area contributed by atoms with Crippen molar-refractivity contribution >= 4 is 17.6 Å². The molecule has 0 radical (unpaired) electrons. The number of unbranched alkanes of at least 4 members (excludes halogenated alkanes) is 1. The summed E-state index contributed by atoms with van der Waals surface area (Å²) in [6, 6.07) is 22.5. The Balaban J connectivity index is 1.68. The standard InChI is InChI=1S/C26H30N4O3/c1-3-4-16-30(18-19-8-10-21(11-9-19)25(31)29-27)26(32)28-23-14-12-20(13-15-23)22-6-5-7-24(17-22)33-2/h5-15,17H,3-4,16,18,27H2,1-2H3,(H,28,32)(H,29,31). The van der Waals surface area contributed by atoms with Gasteiger partial charge in [0, 0.05) is 24.3 Å². The molecule has 172 valence electrons. The third-order valence-corrected chi connectivity index (χ3v) is 5.33. The normalized spacial score (nSPS) is 10.4. The minimum atomic E-state index is -0.348.